The lowest BCUT2D eigenvalue weighted by molar-refractivity contribution is 0.281. The molecule has 106 valence electrons. The minimum absolute atomic E-state index is 0.106. The van der Waals surface area contributed by atoms with Gasteiger partial charge in [0.25, 0.3) is 10.0 Å². The molecule has 7 heteroatoms. The van der Waals surface area contributed by atoms with E-state index >= 15 is 0 Å². The zero-order valence-electron chi connectivity index (χ0n) is 10.8. The SMILES string of the molecule is COc1ccc(NS(=O)(=O)c2ccc(CO)cn2)cc1. The van der Waals surface area contributed by atoms with Crippen molar-refractivity contribution in [2.24, 2.45) is 0 Å². The highest BCUT2D eigenvalue weighted by Crippen LogP contribution is 2.18. The number of hydrogen-bond acceptors (Lipinski definition) is 5. The molecular weight excluding hydrogens is 280 g/mol. The van der Waals surface area contributed by atoms with E-state index in [0.29, 0.717) is 17.0 Å². The van der Waals surface area contributed by atoms with Crippen LogP contribution in [-0.2, 0) is 16.6 Å². The molecule has 1 aromatic carbocycles. The van der Waals surface area contributed by atoms with Crippen LogP contribution in [0, 0.1) is 0 Å². The van der Waals surface area contributed by atoms with Crippen LogP contribution in [0.2, 0.25) is 0 Å². The fraction of sp³-hybridized carbons (Fsp3) is 0.154. The van der Waals surface area contributed by atoms with Crippen LogP contribution in [0.15, 0.2) is 47.6 Å². The summed E-state index contributed by atoms with van der Waals surface area (Å²) in [5.41, 5.74) is 0.965. The number of aliphatic hydroxyl groups is 1. The number of aromatic nitrogens is 1. The number of nitrogens with one attached hydrogen (secondary N) is 1. The zero-order valence-corrected chi connectivity index (χ0v) is 11.6. The van der Waals surface area contributed by atoms with E-state index in [1.165, 1.54) is 25.4 Å². The number of anilines is 1. The lowest BCUT2D eigenvalue weighted by Crippen LogP contribution is -2.14. The number of rotatable bonds is 5. The second-order valence-electron chi connectivity index (χ2n) is 4.00. The highest BCUT2D eigenvalue weighted by atomic mass is 32.2. The van der Waals surface area contributed by atoms with Crippen LogP contribution in [-0.4, -0.2) is 25.6 Å². The van der Waals surface area contributed by atoms with Crippen molar-refractivity contribution in [1.29, 1.82) is 0 Å². The van der Waals surface area contributed by atoms with Crippen LogP contribution in [0.25, 0.3) is 0 Å². The molecule has 0 saturated carbocycles. The Morgan fingerprint density at radius 3 is 2.40 bits per heavy atom. The Kier molecular flexibility index (Phi) is 4.21. The van der Waals surface area contributed by atoms with E-state index in [4.69, 9.17) is 9.84 Å². The third kappa shape index (κ3) is 3.25. The van der Waals surface area contributed by atoms with E-state index in [1.54, 1.807) is 24.3 Å². The van der Waals surface area contributed by atoms with Crippen LogP contribution in [0.4, 0.5) is 5.69 Å². The molecule has 0 aliphatic carbocycles. The number of benzene rings is 1. The van der Waals surface area contributed by atoms with Gasteiger partial charge in [0.2, 0.25) is 0 Å². The van der Waals surface area contributed by atoms with E-state index < -0.39 is 10.0 Å². The van der Waals surface area contributed by atoms with Crippen LogP contribution >= 0.6 is 0 Å². The van der Waals surface area contributed by atoms with E-state index in [2.05, 4.69) is 9.71 Å². The number of nitrogens with zero attached hydrogens (tertiary/aromatic N) is 1. The number of sulfonamides is 1. The molecule has 0 unspecified atom stereocenters. The molecule has 2 aromatic rings. The standard InChI is InChI=1S/C13H14N2O4S/c1-19-12-5-3-11(4-6-12)15-20(17,18)13-7-2-10(9-16)8-14-13/h2-8,15-16H,9H2,1H3. The van der Waals surface area contributed by atoms with Crippen LogP contribution in [0.1, 0.15) is 5.56 Å². The van der Waals surface area contributed by atoms with E-state index in [9.17, 15) is 8.42 Å². The maximum atomic E-state index is 12.1. The van der Waals surface area contributed by atoms with Crippen molar-refractivity contribution in [3.8, 4) is 5.75 Å². The van der Waals surface area contributed by atoms with Crippen molar-refractivity contribution >= 4 is 15.7 Å². The van der Waals surface area contributed by atoms with Crippen molar-refractivity contribution in [3.63, 3.8) is 0 Å². The summed E-state index contributed by atoms with van der Waals surface area (Å²) in [5.74, 6) is 0.637. The molecule has 0 aliphatic heterocycles. The first kappa shape index (κ1) is 14.3. The van der Waals surface area contributed by atoms with Gasteiger partial charge in [0, 0.05) is 11.9 Å². The Balaban J connectivity index is 2.20. The maximum absolute atomic E-state index is 12.1. The minimum atomic E-state index is -3.74. The number of aliphatic hydroxyl groups excluding tert-OH is 1. The van der Waals surface area contributed by atoms with Gasteiger partial charge in [-0.2, -0.15) is 8.42 Å². The Morgan fingerprint density at radius 2 is 1.90 bits per heavy atom. The lowest BCUT2D eigenvalue weighted by Gasteiger charge is -2.08. The molecule has 20 heavy (non-hydrogen) atoms. The lowest BCUT2D eigenvalue weighted by atomic mass is 10.3. The summed E-state index contributed by atoms with van der Waals surface area (Å²) in [6, 6.07) is 9.35. The molecule has 1 heterocycles. The molecule has 0 atom stereocenters. The molecule has 0 spiro atoms. The van der Waals surface area contributed by atoms with Crippen molar-refractivity contribution in [3.05, 3.63) is 48.2 Å². The molecule has 6 nitrogen and oxygen atoms in total. The molecule has 0 saturated heterocycles. The number of hydrogen-bond donors (Lipinski definition) is 2. The summed E-state index contributed by atoms with van der Waals surface area (Å²) in [6.07, 6.45) is 1.32. The largest absolute Gasteiger partial charge is 0.497 e. The predicted octanol–water partition coefficient (Wildman–Crippen LogP) is 1.38. The molecule has 0 bridgehead atoms. The summed E-state index contributed by atoms with van der Waals surface area (Å²) in [6.45, 7) is -0.181. The Labute approximate surface area is 117 Å². The first-order valence-corrected chi connectivity index (χ1v) is 7.26. The van der Waals surface area contributed by atoms with E-state index in [-0.39, 0.29) is 11.6 Å². The first-order valence-electron chi connectivity index (χ1n) is 5.78. The zero-order chi connectivity index (χ0) is 14.6. The van der Waals surface area contributed by atoms with Crippen molar-refractivity contribution in [2.45, 2.75) is 11.6 Å². The second-order valence-corrected chi connectivity index (χ2v) is 5.63. The van der Waals surface area contributed by atoms with Crippen LogP contribution < -0.4 is 9.46 Å². The summed E-state index contributed by atoms with van der Waals surface area (Å²) in [4.78, 5) is 3.82. The molecule has 2 N–H and O–H groups in total. The highest BCUT2D eigenvalue weighted by molar-refractivity contribution is 7.92. The normalized spacial score (nSPS) is 11.1. The van der Waals surface area contributed by atoms with E-state index in [0.717, 1.165) is 0 Å². The molecule has 0 radical (unpaired) electrons. The molecule has 1 aromatic heterocycles. The molecular formula is C13H14N2O4S. The monoisotopic (exact) mass is 294 g/mol. The molecule has 0 fully saturated rings. The second kappa shape index (κ2) is 5.89. The average Bonchev–Trinajstić information content (AvgIpc) is 2.48. The predicted molar refractivity (Wildman–Crippen MR) is 74.0 cm³/mol. The fourth-order valence-corrected chi connectivity index (χ4v) is 2.52. The van der Waals surface area contributed by atoms with E-state index in [1.807, 2.05) is 0 Å². The van der Waals surface area contributed by atoms with Gasteiger partial charge in [-0.15, -0.1) is 0 Å². The van der Waals surface area contributed by atoms with Gasteiger partial charge in [-0.3, -0.25) is 4.72 Å². The molecule has 0 amide bonds. The topological polar surface area (TPSA) is 88.5 Å². The van der Waals surface area contributed by atoms with Gasteiger partial charge < -0.3 is 9.84 Å². The third-order valence-corrected chi connectivity index (χ3v) is 3.89. The number of methoxy groups -OCH3 is 1. The van der Waals surface area contributed by atoms with Gasteiger partial charge in [0.15, 0.2) is 5.03 Å². The summed E-state index contributed by atoms with van der Waals surface area (Å²) >= 11 is 0. The van der Waals surface area contributed by atoms with Crippen molar-refractivity contribution < 1.29 is 18.3 Å². The van der Waals surface area contributed by atoms with Gasteiger partial charge in [0.1, 0.15) is 5.75 Å². The van der Waals surface area contributed by atoms with Crippen LogP contribution in [0.5, 0.6) is 5.75 Å². The molecule has 2 rings (SSSR count). The van der Waals surface area contributed by atoms with Gasteiger partial charge >= 0.3 is 0 Å². The van der Waals surface area contributed by atoms with Crippen LogP contribution in [0.3, 0.4) is 0 Å². The summed E-state index contributed by atoms with van der Waals surface area (Å²) in [7, 11) is -2.21. The van der Waals surface area contributed by atoms with Gasteiger partial charge in [-0.25, -0.2) is 4.98 Å². The quantitative estimate of drug-likeness (QED) is 0.869. The molecule has 0 aliphatic rings. The summed E-state index contributed by atoms with van der Waals surface area (Å²) in [5, 5.41) is 8.79. The highest BCUT2D eigenvalue weighted by Gasteiger charge is 2.15. The van der Waals surface area contributed by atoms with Gasteiger partial charge in [-0.1, -0.05) is 6.07 Å². The number of pyridine rings is 1. The Morgan fingerprint density at radius 1 is 1.20 bits per heavy atom. The summed E-state index contributed by atoms with van der Waals surface area (Å²) < 4.78 is 31.6. The first-order chi connectivity index (χ1) is 9.55. The average molecular weight is 294 g/mol. The maximum Gasteiger partial charge on any atom is 0.279 e. The fourth-order valence-electron chi connectivity index (χ4n) is 1.53. The minimum Gasteiger partial charge on any atom is -0.497 e. The number of ether oxygens (including phenoxy) is 1. The van der Waals surface area contributed by atoms with Crippen molar-refractivity contribution in [1.82, 2.24) is 4.98 Å². The van der Waals surface area contributed by atoms with Crippen molar-refractivity contribution in [2.75, 3.05) is 11.8 Å². The third-order valence-electron chi connectivity index (χ3n) is 2.60. The Hall–Kier alpha value is -2.12. The van der Waals surface area contributed by atoms with Gasteiger partial charge in [0.05, 0.1) is 13.7 Å². The Bertz CT molecular complexity index is 667. The smallest absolute Gasteiger partial charge is 0.279 e. The van der Waals surface area contributed by atoms with Gasteiger partial charge in [-0.05, 0) is 35.9 Å².